The number of thioether (sulfide) groups is 1. The van der Waals surface area contributed by atoms with Gasteiger partial charge in [-0.05, 0) is 30.5 Å². The first-order valence-corrected chi connectivity index (χ1v) is 12.4. The largest absolute Gasteiger partial charge is 0.357 e. The van der Waals surface area contributed by atoms with E-state index in [2.05, 4.69) is 36.5 Å². The molecule has 0 aromatic heterocycles. The lowest BCUT2D eigenvalue weighted by Gasteiger charge is -2.31. The fourth-order valence-electron chi connectivity index (χ4n) is 3.63. The molecule has 3 aromatic rings. The summed E-state index contributed by atoms with van der Waals surface area (Å²) < 4.78 is 0. The fourth-order valence-corrected chi connectivity index (χ4v) is 4.50. The molecule has 0 bridgehead atoms. The second kappa shape index (κ2) is 12.3. The zero-order chi connectivity index (χ0) is 23.6. The van der Waals surface area contributed by atoms with Gasteiger partial charge in [0.15, 0.2) is 0 Å². The molecule has 33 heavy (non-hydrogen) atoms. The summed E-state index contributed by atoms with van der Waals surface area (Å²) in [5.74, 6) is 0.899. The quantitative estimate of drug-likeness (QED) is 0.467. The van der Waals surface area contributed by atoms with Gasteiger partial charge < -0.3 is 10.2 Å². The van der Waals surface area contributed by atoms with Gasteiger partial charge in [0.2, 0.25) is 11.8 Å². The van der Waals surface area contributed by atoms with Gasteiger partial charge in [0.1, 0.15) is 6.04 Å². The number of amides is 2. The fraction of sp³-hybridized carbons (Fsp3) is 0.286. The third-order valence-corrected chi connectivity index (χ3v) is 6.59. The maximum absolute atomic E-state index is 13.4. The van der Waals surface area contributed by atoms with E-state index in [1.54, 1.807) is 23.7 Å². The first-order chi connectivity index (χ1) is 16.0. The number of hydrogen-bond donors (Lipinski definition) is 1. The first kappa shape index (κ1) is 24.6. The molecule has 0 aliphatic heterocycles. The molecule has 3 rings (SSSR count). The molecule has 0 aliphatic rings. The smallest absolute Gasteiger partial charge is 0.242 e. The van der Waals surface area contributed by atoms with Crippen LogP contribution in [0.3, 0.4) is 0 Å². The minimum Gasteiger partial charge on any atom is -0.357 e. The lowest BCUT2D eigenvalue weighted by molar-refractivity contribution is -0.139. The van der Waals surface area contributed by atoms with Crippen LogP contribution in [0.5, 0.6) is 0 Å². The van der Waals surface area contributed by atoms with Gasteiger partial charge in [-0.1, -0.05) is 90.0 Å². The van der Waals surface area contributed by atoms with Crippen LogP contribution in [0.15, 0.2) is 78.9 Å². The van der Waals surface area contributed by atoms with Gasteiger partial charge >= 0.3 is 0 Å². The molecule has 0 fully saturated rings. The van der Waals surface area contributed by atoms with Crippen LogP contribution in [0.4, 0.5) is 0 Å². The van der Waals surface area contributed by atoms with Crippen molar-refractivity contribution in [1.29, 1.82) is 0 Å². The Morgan fingerprint density at radius 3 is 1.97 bits per heavy atom. The summed E-state index contributed by atoms with van der Waals surface area (Å²) in [6, 6.07) is 25.8. The van der Waals surface area contributed by atoms with Crippen molar-refractivity contribution in [3.63, 3.8) is 0 Å². The molecule has 172 valence electrons. The van der Waals surface area contributed by atoms with Gasteiger partial charge in [0.25, 0.3) is 0 Å². The zero-order valence-corrected chi connectivity index (χ0v) is 20.4. The van der Waals surface area contributed by atoms with Gasteiger partial charge in [-0.25, -0.2) is 0 Å². The molecule has 0 spiro atoms. The van der Waals surface area contributed by atoms with Crippen molar-refractivity contribution >= 4 is 23.6 Å². The molecular weight excluding hydrogens is 428 g/mol. The number of hydrogen-bond acceptors (Lipinski definition) is 3. The molecule has 0 unspecified atom stereocenters. The molecule has 1 N–H and O–H groups in total. The Morgan fingerprint density at radius 2 is 1.39 bits per heavy atom. The number of carbonyl (C=O) groups is 2. The van der Waals surface area contributed by atoms with E-state index in [1.165, 1.54) is 11.1 Å². The number of likely N-dealkylation sites (N-methyl/N-ethyl adjacent to an activating group) is 1. The maximum atomic E-state index is 13.4. The lowest BCUT2D eigenvalue weighted by atomic mass is 10.0. The minimum atomic E-state index is -0.578. The number of carbonyl (C=O) groups excluding carboxylic acids is 2. The van der Waals surface area contributed by atoms with Crippen LogP contribution in [0.2, 0.25) is 0 Å². The van der Waals surface area contributed by atoms with Crippen molar-refractivity contribution in [2.75, 3.05) is 12.8 Å². The van der Waals surface area contributed by atoms with Crippen LogP contribution in [0.1, 0.15) is 27.8 Å². The number of benzene rings is 3. The summed E-state index contributed by atoms with van der Waals surface area (Å²) in [4.78, 5) is 28.1. The number of nitrogens with zero attached hydrogens (tertiary/aromatic N) is 1. The van der Waals surface area contributed by atoms with E-state index in [4.69, 9.17) is 0 Å². The van der Waals surface area contributed by atoms with Crippen molar-refractivity contribution in [3.05, 3.63) is 107 Å². The number of nitrogens with one attached hydrogen (secondary N) is 1. The van der Waals surface area contributed by atoms with Crippen LogP contribution in [0, 0.1) is 13.8 Å². The summed E-state index contributed by atoms with van der Waals surface area (Å²) in [5.41, 5.74) is 5.62. The van der Waals surface area contributed by atoms with Gasteiger partial charge in [-0.2, -0.15) is 0 Å². The van der Waals surface area contributed by atoms with Crippen molar-refractivity contribution in [2.24, 2.45) is 0 Å². The zero-order valence-electron chi connectivity index (χ0n) is 19.6. The van der Waals surface area contributed by atoms with E-state index in [0.29, 0.717) is 18.7 Å². The average Bonchev–Trinajstić information content (AvgIpc) is 2.83. The molecule has 0 radical (unpaired) electrons. The van der Waals surface area contributed by atoms with E-state index < -0.39 is 6.04 Å². The summed E-state index contributed by atoms with van der Waals surface area (Å²) in [7, 11) is 1.63. The minimum absolute atomic E-state index is 0.0304. The lowest BCUT2D eigenvalue weighted by Crippen LogP contribution is -2.50. The second-order valence-corrected chi connectivity index (χ2v) is 9.29. The summed E-state index contributed by atoms with van der Waals surface area (Å²) >= 11 is 1.58. The first-order valence-electron chi connectivity index (χ1n) is 11.2. The van der Waals surface area contributed by atoms with E-state index in [9.17, 15) is 9.59 Å². The molecule has 5 heteroatoms. The molecule has 0 aliphatic carbocycles. The van der Waals surface area contributed by atoms with E-state index in [-0.39, 0.29) is 11.8 Å². The van der Waals surface area contributed by atoms with E-state index in [0.717, 1.165) is 22.4 Å². The molecule has 1 atom stereocenters. The molecule has 0 heterocycles. The normalized spacial score (nSPS) is 11.6. The SMILES string of the molecule is CNC(=O)[C@H](Cc1ccccc1)N(Cc1ccc(C)cc1)C(=O)CSCc1ccc(C)cc1. The van der Waals surface area contributed by atoms with Crippen molar-refractivity contribution < 1.29 is 9.59 Å². The molecule has 3 aromatic carbocycles. The molecule has 4 nitrogen and oxygen atoms in total. The molecule has 2 amide bonds. The van der Waals surface area contributed by atoms with Crippen molar-refractivity contribution in [2.45, 2.75) is 38.6 Å². The highest BCUT2D eigenvalue weighted by molar-refractivity contribution is 7.99. The summed E-state index contributed by atoms with van der Waals surface area (Å²) in [5, 5.41) is 2.76. The second-order valence-electron chi connectivity index (χ2n) is 8.31. The van der Waals surface area contributed by atoms with Crippen molar-refractivity contribution in [3.8, 4) is 0 Å². The Bertz CT molecular complexity index is 1030. The predicted molar refractivity (Wildman–Crippen MR) is 137 cm³/mol. The van der Waals surface area contributed by atoms with Crippen LogP contribution in [-0.2, 0) is 28.3 Å². The predicted octanol–water partition coefficient (Wildman–Crippen LogP) is 4.92. The topological polar surface area (TPSA) is 49.4 Å². The molecule has 0 saturated carbocycles. The number of aryl methyl sites for hydroxylation is 2. The average molecular weight is 461 g/mol. The third kappa shape index (κ3) is 7.50. The van der Waals surface area contributed by atoms with Crippen LogP contribution in [-0.4, -0.2) is 35.6 Å². The van der Waals surface area contributed by atoms with Gasteiger partial charge in [0.05, 0.1) is 5.75 Å². The molecular formula is C28H32N2O2S. The summed E-state index contributed by atoms with van der Waals surface area (Å²) in [6.07, 6.45) is 0.473. The standard InChI is InChI=1S/C28H32N2O2S/c1-21-9-13-24(14-10-21)18-30(26(28(32)29-3)17-23-7-5-4-6-8-23)27(31)20-33-19-25-15-11-22(2)12-16-25/h4-16,26H,17-20H2,1-3H3,(H,29,32)/t26-/m0/s1. The highest BCUT2D eigenvalue weighted by Crippen LogP contribution is 2.19. The Morgan fingerprint density at radius 1 is 0.818 bits per heavy atom. The monoisotopic (exact) mass is 460 g/mol. The van der Waals surface area contributed by atoms with Crippen LogP contribution in [0.25, 0.3) is 0 Å². The molecule has 0 saturated heterocycles. The Labute approximate surface area is 201 Å². The third-order valence-electron chi connectivity index (χ3n) is 5.61. The summed E-state index contributed by atoms with van der Waals surface area (Å²) in [6.45, 7) is 4.50. The Hall–Kier alpha value is -3.05. The van der Waals surface area contributed by atoms with Gasteiger partial charge in [-0.3, -0.25) is 9.59 Å². The Kier molecular flexibility index (Phi) is 9.14. The van der Waals surface area contributed by atoms with E-state index >= 15 is 0 Å². The number of rotatable bonds is 10. The van der Waals surface area contributed by atoms with Crippen LogP contribution >= 0.6 is 11.8 Å². The van der Waals surface area contributed by atoms with E-state index in [1.807, 2.05) is 61.5 Å². The van der Waals surface area contributed by atoms with Gasteiger partial charge in [-0.15, -0.1) is 11.8 Å². The van der Waals surface area contributed by atoms with Crippen LogP contribution < -0.4 is 5.32 Å². The highest BCUT2D eigenvalue weighted by atomic mass is 32.2. The highest BCUT2D eigenvalue weighted by Gasteiger charge is 2.29. The maximum Gasteiger partial charge on any atom is 0.242 e. The Balaban J connectivity index is 1.79. The van der Waals surface area contributed by atoms with Crippen molar-refractivity contribution in [1.82, 2.24) is 10.2 Å². The van der Waals surface area contributed by atoms with Gasteiger partial charge in [0, 0.05) is 25.8 Å².